The molecule has 0 spiro atoms. The third kappa shape index (κ3) is 3.01. The van der Waals surface area contributed by atoms with Gasteiger partial charge in [0.1, 0.15) is 0 Å². The van der Waals surface area contributed by atoms with Crippen molar-refractivity contribution < 1.29 is 0 Å². The van der Waals surface area contributed by atoms with Gasteiger partial charge in [-0.1, -0.05) is 12.2 Å². The zero-order valence-corrected chi connectivity index (χ0v) is 7.00. The molecule has 9 heavy (non-hydrogen) atoms. The van der Waals surface area contributed by atoms with Gasteiger partial charge in [0.05, 0.1) is 0 Å². The van der Waals surface area contributed by atoms with Crippen molar-refractivity contribution in [3.8, 4) is 0 Å². The highest BCUT2D eigenvalue weighted by atomic mass is 31.0. The summed E-state index contributed by atoms with van der Waals surface area (Å²) in [5, 5.41) is 0. The Morgan fingerprint density at radius 2 is 1.89 bits per heavy atom. The summed E-state index contributed by atoms with van der Waals surface area (Å²) in [6.07, 6.45) is 11.4. The third-order valence-corrected chi connectivity index (χ3v) is 2.48. The molecule has 1 aliphatic carbocycles. The molecule has 2 atom stereocenters. The van der Waals surface area contributed by atoms with Crippen molar-refractivity contribution in [2.45, 2.75) is 37.8 Å². The Bertz CT molecular complexity index is 96.7. The minimum Gasteiger partial charge on any atom is -0.134 e. The molecule has 2 unspecified atom stereocenters. The summed E-state index contributed by atoms with van der Waals surface area (Å²) in [5.74, 6) is 0. The Morgan fingerprint density at radius 1 is 1.11 bits per heavy atom. The minimum absolute atomic E-state index is 0.884. The Balaban J connectivity index is 2.27. The molecule has 0 radical (unpaired) electrons. The molecular formula is C8H15P. The molecule has 0 aromatic rings. The molecule has 0 N–H and O–H groups in total. The maximum absolute atomic E-state index is 2.93. The van der Waals surface area contributed by atoms with Crippen molar-refractivity contribution in [3.63, 3.8) is 0 Å². The molecule has 1 aliphatic rings. The van der Waals surface area contributed by atoms with Crippen molar-refractivity contribution in [3.05, 3.63) is 12.2 Å². The zero-order chi connectivity index (χ0) is 6.53. The zero-order valence-electron chi connectivity index (χ0n) is 5.84. The second-order valence-electron chi connectivity index (χ2n) is 2.74. The van der Waals surface area contributed by atoms with E-state index in [9.17, 15) is 0 Å². The van der Waals surface area contributed by atoms with Crippen LogP contribution in [0.15, 0.2) is 12.2 Å². The van der Waals surface area contributed by atoms with Crippen molar-refractivity contribution in [2.24, 2.45) is 0 Å². The van der Waals surface area contributed by atoms with Gasteiger partial charge >= 0.3 is 0 Å². The fraction of sp³-hybridized carbons (Fsp3) is 0.750. The van der Waals surface area contributed by atoms with E-state index in [1.165, 1.54) is 32.1 Å². The normalized spacial score (nSPS) is 32.8. The summed E-state index contributed by atoms with van der Waals surface area (Å²) in [5.41, 5.74) is 0.884. The molecule has 0 fully saturated rings. The van der Waals surface area contributed by atoms with Crippen molar-refractivity contribution >= 4 is 9.24 Å². The Hall–Kier alpha value is 0.170. The second-order valence-corrected chi connectivity index (χ2v) is 3.68. The Morgan fingerprint density at radius 3 is 2.78 bits per heavy atom. The molecule has 1 rings (SSSR count). The predicted octanol–water partition coefficient (Wildman–Crippen LogP) is 2.75. The fourth-order valence-corrected chi connectivity index (χ4v) is 1.62. The van der Waals surface area contributed by atoms with Gasteiger partial charge in [-0.2, -0.15) is 0 Å². The van der Waals surface area contributed by atoms with E-state index in [2.05, 4.69) is 21.4 Å². The standard InChI is InChI=1S/C8H15P/c9-8-6-4-2-1-3-5-7-8/h1-2,8H,3-7,9H2/b2-1-. The first-order valence-electron chi connectivity index (χ1n) is 3.80. The van der Waals surface area contributed by atoms with Crippen LogP contribution in [0.1, 0.15) is 32.1 Å². The van der Waals surface area contributed by atoms with Gasteiger partial charge in [-0.25, -0.2) is 0 Å². The van der Waals surface area contributed by atoms with Crippen LogP contribution in [0.2, 0.25) is 0 Å². The van der Waals surface area contributed by atoms with Crippen LogP contribution < -0.4 is 0 Å². The van der Waals surface area contributed by atoms with E-state index in [1.54, 1.807) is 0 Å². The monoisotopic (exact) mass is 142 g/mol. The van der Waals surface area contributed by atoms with Gasteiger partial charge in [-0.3, -0.25) is 0 Å². The lowest BCUT2D eigenvalue weighted by Crippen LogP contribution is -1.97. The highest BCUT2D eigenvalue weighted by Gasteiger charge is 2.01. The van der Waals surface area contributed by atoms with Crippen molar-refractivity contribution in [1.29, 1.82) is 0 Å². The number of allylic oxidation sites excluding steroid dienone is 2. The topological polar surface area (TPSA) is 0 Å². The van der Waals surface area contributed by atoms with Gasteiger partial charge in [0.15, 0.2) is 0 Å². The highest BCUT2D eigenvalue weighted by molar-refractivity contribution is 7.17. The lowest BCUT2D eigenvalue weighted by Gasteiger charge is -2.10. The van der Waals surface area contributed by atoms with E-state index < -0.39 is 0 Å². The van der Waals surface area contributed by atoms with Gasteiger partial charge < -0.3 is 0 Å². The Labute approximate surface area is 59.9 Å². The molecule has 1 heteroatoms. The summed E-state index contributed by atoms with van der Waals surface area (Å²) >= 11 is 0. The second kappa shape index (κ2) is 4.06. The summed E-state index contributed by atoms with van der Waals surface area (Å²) in [4.78, 5) is 0. The number of hydrogen-bond donors (Lipinski definition) is 0. The van der Waals surface area contributed by atoms with Gasteiger partial charge in [0, 0.05) is 0 Å². The van der Waals surface area contributed by atoms with E-state index in [0.717, 1.165) is 5.66 Å². The lowest BCUT2D eigenvalue weighted by molar-refractivity contribution is 0.653. The van der Waals surface area contributed by atoms with Crippen molar-refractivity contribution in [1.82, 2.24) is 0 Å². The molecule has 0 nitrogen and oxygen atoms in total. The quantitative estimate of drug-likeness (QED) is 0.360. The SMILES string of the molecule is PC1CC/C=C\CCC1. The summed E-state index contributed by atoms with van der Waals surface area (Å²) < 4.78 is 0. The molecule has 0 saturated carbocycles. The van der Waals surface area contributed by atoms with E-state index in [1.807, 2.05) is 0 Å². The number of hydrogen-bond acceptors (Lipinski definition) is 0. The number of rotatable bonds is 0. The van der Waals surface area contributed by atoms with Crippen LogP contribution in [-0.4, -0.2) is 5.66 Å². The van der Waals surface area contributed by atoms with E-state index >= 15 is 0 Å². The largest absolute Gasteiger partial charge is 0.134 e. The molecular weight excluding hydrogens is 127 g/mol. The van der Waals surface area contributed by atoms with Crippen LogP contribution in [0, 0.1) is 0 Å². The third-order valence-electron chi connectivity index (χ3n) is 1.82. The minimum atomic E-state index is 0.884. The average Bonchev–Trinajstić information content (AvgIpc) is 1.79. The van der Waals surface area contributed by atoms with Crippen LogP contribution in [0.3, 0.4) is 0 Å². The Kier molecular flexibility index (Phi) is 3.28. The van der Waals surface area contributed by atoms with E-state index in [-0.39, 0.29) is 0 Å². The molecule has 0 aromatic heterocycles. The first-order chi connectivity index (χ1) is 4.39. The van der Waals surface area contributed by atoms with Gasteiger partial charge in [0.2, 0.25) is 0 Å². The van der Waals surface area contributed by atoms with Crippen LogP contribution in [0.4, 0.5) is 0 Å². The molecule has 0 bridgehead atoms. The summed E-state index contributed by atoms with van der Waals surface area (Å²) in [6, 6.07) is 0. The summed E-state index contributed by atoms with van der Waals surface area (Å²) in [6.45, 7) is 0. The van der Waals surface area contributed by atoms with Crippen LogP contribution >= 0.6 is 9.24 Å². The van der Waals surface area contributed by atoms with Crippen molar-refractivity contribution in [2.75, 3.05) is 0 Å². The molecule has 0 aliphatic heterocycles. The van der Waals surface area contributed by atoms with Gasteiger partial charge in [-0.15, -0.1) is 9.24 Å². The molecule has 0 heterocycles. The van der Waals surface area contributed by atoms with Crippen LogP contribution in [-0.2, 0) is 0 Å². The summed E-state index contributed by atoms with van der Waals surface area (Å²) in [7, 11) is 2.93. The molecule has 0 aromatic carbocycles. The van der Waals surface area contributed by atoms with Gasteiger partial charge in [-0.05, 0) is 37.8 Å². The highest BCUT2D eigenvalue weighted by Crippen LogP contribution is 2.18. The van der Waals surface area contributed by atoms with Crippen LogP contribution in [0.25, 0.3) is 0 Å². The van der Waals surface area contributed by atoms with E-state index in [0.29, 0.717) is 0 Å². The lowest BCUT2D eigenvalue weighted by atomic mass is 10.1. The fourth-order valence-electron chi connectivity index (χ4n) is 1.19. The first kappa shape index (κ1) is 7.28. The first-order valence-corrected chi connectivity index (χ1v) is 4.47. The smallest absolute Gasteiger partial charge is 0.0261 e. The molecule has 0 saturated heterocycles. The predicted molar refractivity (Wildman–Crippen MR) is 45.7 cm³/mol. The van der Waals surface area contributed by atoms with E-state index in [4.69, 9.17) is 0 Å². The van der Waals surface area contributed by atoms with Gasteiger partial charge in [0.25, 0.3) is 0 Å². The van der Waals surface area contributed by atoms with Crippen LogP contribution in [0.5, 0.6) is 0 Å². The average molecular weight is 142 g/mol. The maximum atomic E-state index is 2.93. The molecule has 52 valence electrons. The molecule has 0 amide bonds. The maximum Gasteiger partial charge on any atom is -0.0261 e.